The van der Waals surface area contributed by atoms with Crippen LogP contribution in [0.5, 0.6) is 0 Å². The molecule has 0 bridgehead atoms. The van der Waals surface area contributed by atoms with Crippen LogP contribution in [-0.4, -0.2) is 32.1 Å². The Kier molecular flexibility index (Phi) is 6.25. The van der Waals surface area contributed by atoms with Gasteiger partial charge >= 0.3 is 12.0 Å². The number of methoxy groups -OCH3 is 1. The summed E-state index contributed by atoms with van der Waals surface area (Å²) < 4.78 is 16.3. The van der Waals surface area contributed by atoms with Gasteiger partial charge in [-0.3, -0.25) is 10.1 Å². The van der Waals surface area contributed by atoms with E-state index in [-0.39, 0.29) is 12.4 Å². The number of esters is 1. The van der Waals surface area contributed by atoms with Crippen LogP contribution < -0.4 is 10.6 Å². The van der Waals surface area contributed by atoms with E-state index in [0.717, 1.165) is 0 Å². The zero-order chi connectivity index (χ0) is 20.8. The van der Waals surface area contributed by atoms with Crippen molar-refractivity contribution in [3.8, 4) is 0 Å². The highest BCUT2D eigenvalue weighted by atomic mass is 16.6. The van der Waals surface area contributed by atoms with E-state index in [4.69, 9.17) is 13.9 Å². The average molecular weight is 396 g/mol. The zero-order valence-electron chi connectivity index (χ0n) is 15.9. The number of fused-ring (bicyclic) bond motifs is 1. The Morgan fingerprint density at radius 2 is 1.72 bits per heavy atom. The molecule has 0 aliphatic carbocycles. The molecule has 8 nitrogen and oxygen atoms in total. The quantitative estimate of drug-likeness (QED) is 0.621. The Hall–Kier alpha value is -3.65. The van der Waals surface area contributed by atoms with E-state index in [0.29, 0.717) is 22.1 Å². The van der Waals surface area contributed by atoms with Crippen molar-refractivity contribution in [2.45, 2.75) is 12.7 Å². The lowest BCUT2D eigenvalue weighted by Gasteiger charge is -2.17. The van der Waals surface area contributed by atoms with E-state index in [1.807, 2.05) is 6.07 Å². The van der Waals surface area contributed by atoms with Crippen LogP contribution in [0.2, 0.25) is 0 Å². The minimum absolute atomic E-state index is 0.0540. The highest BCUT2D eigenvalue weighted by Crippen LogP contribution is 2.29. The van der Waals surface area contributed by atoms with E-state index < -0.39 is 24.0 Å². The smallest absolute Gasteiger partial charge is 0.375 e. The molecule has 29 heavy (non-hydrogen) atoms. The maximum Gasteiger partial charge on any atom is 0.375 e. The summed E-state index contributed by atoms with van der Waals surface area (Å²) in [7, 11) is 2.87. The van der Waals surface area contributed by atoms with Gasteiger partial charge in [-0.2, -0.15) is 0 Å². The molecule has 1 atom stereocenters. The summed E-state index contributed by atoms with van der Waals surface area (Å²) in [5.41, 5.74) is 1.43. The van der Waals surface area contributed by atoms with Gasteiger partial charge in [0.15, 0.2) is 0 Å². The van der Waals surface area contributed by atoms with Crippen molar-refractivity contribution < 1.29 is 28.3 Å². The molecule has 2 N–H and O–H groups in total. The molecular weight excluding hydrogens is 376 g/mol. The number of imide groups is 1. The first-order valence-corrected chi connectivity index (χ1v) is 8.83. The van der Waals surface area contributed by atoms with Gasteiger partial charge in [-0.25, -0.2) is 9.59 Å². The topological polar surface area (TPSA) is 107 Å². The first-order chi connectivity index (χ1) is 14.0. The second-order valence-corrected chi connectivity index (χ2v) is 6.10. The summed E-state index contributed by atoms with van der Waals surface area (Å²) in [6.07, 6.45) is -1.34. The summed E-state index contributed by atoms with van der Waals surface area (Å²) in [6.45, 7) is 0.127. The van der Waals surface area contributed by atoms with Crippen LogP contribution in [0.15, 0.2) is 59.0 Å². The SMILES string of the molecule is CNC(=O)NC(=O)C(OC(=O)c1oc2ccccc2c1COC)c1ccccc1. The van der Waals surface area contributed by atoms with Crippen molar-refractivity contribution in [1.82, 2.24) is 10.6 Å². The van der Waals surface area contributed by atoms with Crippen molar-refractivity contribution in [3.63, 3.8) is 0 Å². The number of carbonyl (C=O) groups is 3. The number of ether oxygens (including phenoxy) is 2. The van der Waals surface area contributed by atoms with Gasteiger partial charge in [-0.15, -0.1) is 0 Å². The maximum absolute atomic E-state index is 12.9. The van der Waals surface area contributed by atoms with Gasteiger partial charge in [0.2, 0.25) is 11.9 Å². The molecule has 1 unspecified atom stereocenters. The van der Waals surface area contributed by atoms with Gasteiger partial charge in [0.1, 0.15) is 5.58 Å². The zero-order valence-corrected chi connectivity index (χ0v) is 15.9. The lowest BCUT2D eigenvalue weighted by atomic mass is 10.1. The van der Waals surface area contributed by atoms with Crippen molar-refractivity contribution in [1.29, 1.82) is 0 Å². The summed E-state index contributed by atoms with van der Waals surface area (Å²) >= 11 is 0. The Bertz CT molecular complexity index is 1030. The third-order valence-electron chi connectivity index (χ3n) is 4.20. The van der Waals surface area contributed by atoms with Crippen LogP contribution in [0.4, 0.5) is 4.79 Å². The molecule has 8 heteroatoms. The number of amides is 3. The van der Waals surface area contributed by atoms with Crippen LogP contribution in [0, 0.1) is 0 Å². The Morgan fingerprint density at radius 1 is 1.03 bits per heavy atom. The minimum atomic E-state index is -1.34. The number of furan rings is 1. The summed E-state index contributed by atoms with van der Waals surface area (Å²) in [5.74, 6) is -1.68. The molecule has 0 saturated heterocycles. The van der Waals surface area contributed by atoms with Gasteiger partial charge in [0.05, 0.1) is 6.61 Å². The first kappa shape index (κ1) is 20.1. The molecule has 2 aromatic carbocycles. The van der Waals surface area contributed by atoms with E-state index in [1.165, 1.54) is 14.2 Å². The standard InChI is InChI=1S/C21H20N2O6/c1-22-21(26)23-19(24)17(13-8-4-3-5-9-13)29-20(25)18-15(12-27-2)14-10-6-7-11-16(14)28-18/h3-11,17H,12H2,1-2H3,(H2,22,23,24,26). The average Bonchev–Trinajstić information content (AvgIpc) is 3.11. The summed E-state index contributed by atoms with van der Waals surface area (Å²) in [5, 5.41) is 5.13. The third kappa shape index (κ3) is 4.44. The van der Waals surface area contributed by atoms with Crippen LogP contribution in [0.1, 0.15) is 27.8 Å². The highest BCUT2D eigenvalue weighted by Gasteiger charge is 2.30. The molecule has 150 valence electrons. The minimum Gasteiger partial charge on any atom is -0.449 e. The second-order valence-electron chi connectivity index (χ2n) is 6.10. The van der Waals surface area contributed by atoms with Crippen LogP contribution >= 0.6 is 0 Å². The van der Waals surface area contributed by atoms with E-state index in [2.05, 4.69) is 10.6 Å². The molecule has 1 heterocycles. The summed E-state index contributed by atoms with van der Waals surface area (Å²) in [4.78, 5) is 37.0. The third-order valence-corrected chi connectivity index (χ3v) is 4.20. The molecule has 3 rings (SSSR count). The van der Waals surface area contributed by atoms with Crippen molar-refractivity contribution in [2.24, 2.45) is 0 Å². The highest BCUT2D eigenvalue weighted by molar-refractivity contribution is 6.00. The molecule has 3 amide bonds. The predicted molar refractivity (Wildman–Crippen MR) is 104 cm³/mol. The van der Waals surface area contributed by atoms with Crippen LogP contribution in [0.3, 0.4) is 0 Å². The molecule has 1 aromatic heterocycles. The molecule has 0 fully saturated rings. The largest absolute Gasteiger partial charge is 0.449 e. The van der Waals surface area contributed by atoms with Gasteiger partial charge in [-0.1, -0.05) is 48.5 Å². The number of para-hydroxylation sites is 1. The molecule has 0 aliphatic heterocycles. The molecule has 0 spiro atoms. The van der Waals surface area contributed by atoms with E-state index in [1.54, 1.807) is 48.5 Å². The maximum atomic E-state index is 12.9. The van der Waals surface area contributed by atoms with Gasteiger partial charge in [0.25, 0.3) is 5.91 Å². The van der Waals surface area contributed by atoms with Crippen molar-refractivity contribution in [2.75, 3.05) is 14.2 Å². The number of hydrogen-bond donors (Lipinski definition) is 2. The molecule has 0 saturated carbocycles. The van der Waals surface area contributed by atoms with Crippen LogP contribution in [-0.2, 0) is 20.9 Å². The number of hydrogen-bond acceptors (Lipinski definition) is 6. The van der Waals surface area contributed by atoms with Crippen molar-refractivity contribution in [3.05, 3.63) is 71.5 Å². The summed E-state index contributed by atoms with van der Waals surface area (Å²) in [6, 6.07) is 14.8. The number of benzene rings is 2. The van der Waals surface area contributed by atoms with E-state index in [9.17, 15) is 14.4 Å². The van der Waals surface area contributed by atoms with Crippen molar-refractivity contribution >= 4 is 28.9 Å². The van der Waals surface area contributed by atoms with Gasteiger partial charge in [0, 0.05) is 30.7 Å². The first-order valence-electron chi connectivity index (χ1n) is 8.83. The predicted octanol–water partition coefficient (Wildman–Crippen LogP) is 2.93. The lowest BCUT2D eigenvalue weighted by molar-refractivity contribution is -0.129. The normalized spacial score (nSPS) is 11.7. The fourth-order valence-electron chi connectivity index (χ4n) is 2.85. The monoisotopic (exact) mass is 396 g/mol. The number of urea groups is 1. The molecular formula is C21H20N2O6. The van der Waals surface area contributed by atoms with E-state index >= 15 is 0 Å². The van der Waals surface area contributed by atoms with Gasteiger partial charge < -0.3 is 19.2 Å². The van der Waals surface area contributed by atoms with Crippen LogP contribution in [0.25, 0.3) is 11.0 Å². The number of nitrogens with one attached hydrogen (secondary N) is 2. The lowest BCUT2D eigenvalue weighted by Crippen LogP contribution is -2.41. The Balaban J connectivity index is 1.94. The van der Waals surface area contributed by atoms with Gasteiger partial charge in [-0.05, 0) is 6.07 Å². The number of rotatable bonds is 6. The molecule has 3 aromatic rings. The Labute approximate surface area is 166 Å². The fraction of sp³-hybridized carbons (Fsp3) is 0.190. The Morgan fingerprint density at radius 3 is 2.41 bits per heavy atom. The molecule has 0 radical (unpaired) electrons. The second kappa shape index (κ2) is 9.03. The fourth-order valence-corrected chi connectivity index (χ4v) is 2.85. The number of carbonyl (C=O) groups excluding carboxylic acids is 3. The molecule has 0 aliphatic rings.